The third-order valence-electron chi connectivity index (χ3n) is 2.54. The van der Waals surface area contributed by atoms with Gasteiger partial charge in [0.1, 0.15) is 0 Å². The average Bonchev–Trinajstić information content (AvgIpc) is 2.57. The average molecular weight is 314 g/mol. The van der Waals surface area contributed by atoms with Crippen LogP contribution >= 0.6 is 0 Å². The van der Waals surface area contributed by atoms with Crippen LogP contribution in [-0.4, -0.2) is 15.4 Å². The van der Waals surface area contributed by atoms with Gasteiger partial charge in [0.25, 0.3) is 0 Å². The molecule has 1 aliphatic carbocycles. The van der Waals surface area contributed by atoms with Gasteiger partial charge in [0.05, 0.1) is 0 Å². The maximum Gasteiger partial charge on any atom is 3.00 e. The van der Waals surface area contributed by atoms with E-state index in [0.29, 0.717) is 0 Å². The maximum atomic E-state index is 5.49. The molecule has 1 radical (unpaired) electrons. The van der Waals surface area contributed by atoms with E-state index in [1.807, 2.05) is 7.11 Å². The molecule has 0 aromatic heterocycles. The SMILES string of the molecule is CO[Si](C)(C)CCCC1=[C-]CC=C1.[Cl-].[Cl-].[Ti+3]. The van der Waals surface area contributed by atoms with Crippen LogP contribution in [-0.2, 0) is 26.1 Å². The summed E-state index contributed by atoms with van der Waals surface area (Å²) < 4.78 is 5.49. The number of hydrogen-bond donors (Lipinski definition) is 0. The molecule has 0 spiro atoms. The van der Waals surface area contributed by atoms with Crippen molar-refractivity contribution in [3.05, 3.63) is 23.8 Å². The van der Waals surface area contributed by atoms with Gasteiger partial charge >= 0.3 is 21.7 Å². The van der Waals surface area contributed by atoms with Gasteiger partial charge in [-0.05, 0) is 19.1 Å². The minimum Gasteiger partial charge on any atom is -1.00 e. The van der Waals surface area contributed by atoms with E-state index in [2.05, 4.69) is 31.3 Å². The van der Waals surface area contributed by atoms with Crippen molar-refractivity contribution in [1.29, 1.82) is 0 Å². The Morgan fingerprint density at radius 3 is 2.44 bits per heavy atom. The van der Waals surface area contributed by atoms with E-state index in [4.69, 9.17) is 4.43 Å². The Bertz CT molecular complexity index is 230. The largest absolute Gasteiger partial charge is 3.00 e. The molecule has 0 aromatic rings. The molecule has 0 aromatic carbocycles. The minimum atomic E-state index is -1.31. The molecule has 0 saturated carbocycles. The van der Waals surface area contributed by atoms with Crippen molar-refractivity contribution >= 4 is 8.32 Å². The van der Waals surface area contributed by atoms with Crippen LogP contribution in [0.25, 0.3) is 0 Å². The van der Waals surface area contributed by atoms with E-state index in [0.717, 1.165) is 6.42 Å². The third kappa shape index (κ3) is 9.03. The quantitative estimate of drug-likeness (QED) is 0.397. The fourth-order valence-electron chi connectivity index (χ4n) is 1.43. The molecule has 1 nitrogen and oxygen atoms in total. The molecule has 0 bridgehead atoms. The van der Waals surface area contributed by atoms with Gasteiger partial charge < -0.3 is 29.2 Å². The van der Waals surface area contributed by atoms with E-state index >= 15 is 0 Å². The van der Waals surface area contributed by atoms with Crippen LogP contribution in [0.2, 0.25) is 19.1 Å². The number of hydrogen-bond acceptors (Lipinski definition) is 1. The van der Waals surface area contributed by atoms with Crippen LogP contribution in [0.15, 0.2) is 17.7 Å². The summed E-state index contributed by atoms with van der Waals surface area (Å²) in [5, 5.41) is 0. The van der Waals surface area contributed by atoms with Gasteiger partial charge in [-0.1, -0.05) is 12.8 Å². The molecule has 91 valence electrons. The van der Waals surface area contributed by atoms with Crippen molar-refractivity contribution in [3.8, 4) is 0 Å². The van der Waals surface area contributed by atoms with Gasteiger partial charge in [-0.15, -0.1) is 6.42 Å². The molecule has 0 fully saturated rings. The second-order valence-corrected chi connectivity index (χ2v) is 8.55. The fraction of sp³-hybridized carbons (Fsp3) is 0.636. The zero-order valence-electron chi connectivity index (χ0n) is 10.1. The van der Waals surface area contributed by atoms with E-state index in [9.17, 15) is 0 Å². The first-order valence-corrected chi connectivity index (χ1v) is 8.07. The van der Waals surface area contributed by atoms with Crippen LogP contribution < -0.4 is 24.8 Å². The topological polar surface area (TPSA) is 9.23 Å². The van der Waals surface area contributed by atoms with Crippen molar-refractivity contribution in [2.24, 2.45) is 0 Å². The molecule has 0 saturated heterocycles. The van der Waals surface area contributed by atoms with Gasteiger partial charge in [0.2, 0.25) is 0 Å². The van der Waals surface area contributed by atoms with Crippen LogP contribution in [0.1, 0.15) is 19.3 Å². The van der Waals surface area contributed by atoms with E-state index < -0.39 is 8.32 Å². The Kier molecular flexibility index (Phi) is 15.3. The van der Waals surface area contributed by atoms with Crippen molar-refractivity contribution in [3.63, 3.8) is 0 Å². The zero-order chi connectivity index (χ0) is 9.73. The minimum absolute atomic E-state index is 0. The summed E-state index contributed by atoms with van der Waals surface area (Å²) in [5.41, 5.74) is 1.39. The van der Waals surface area contributed by atoms with Gasteiger partial charge in [-0.3, -0.25) is 6.08 Å². The first kappa shape index (κ1) is 22.2. The smallest absolute Gasteiger partial charge is 1.00 e. The fourth-order valence-corrected chi connectivity index (χ4v) is 2.66. The third-order valence-corrected chi connectivity index (χ3v) is 5.21. The molecule has 1 rings (SSSR count). The second-order valence-electron chi connectivity index (χ2n) is 4.13. The predicted octanol–water partition coefficient (Wildman–Crippen LogP) is -2.69. The van der Waals surface area contributed by atoms with Gasteiger partial charge in [0, 0.05) is 7.11 Å². The Labute approximate surface area is 128 Å². The normalized spacial score (nSPS) is 13.3. The molecule has 1 aliphatic rings. The summed E-state index contributed by atoms with van der Waals surface area (Å²) in [6.45, 7) is 4.55. The van der Waals surface area contributed by atoms with Crippen molar-refractivity contribution in [1.82, 2.24) is 0 Å². The molecule has 5 heteroatoms. The summed E-state index contributed by atoms with van der Waals surface area (Å²) in [5.74, 6) is 0. The van der Waals surface area contributed by atoms with Gasteiger partial charge in [0.15, 0.2) is 8.32 Å². The Morgan fingerprint density at radius 2 is 2.00 bits per heavy atom. The zero-order valence-corrected chi connectivity index (χ0v) is 14.2. The molecular formula is C11H19Cl2OSiTi. The summed E-state index contributed by atoms with van der Waals surface area (Å²) in [7, 11) is 0.526. The van der Waals surface area contributed by atoms with Crippen LogP contribution in [0.4, 0.5) is 0 Å². The van der Waals surface area contributed by atoms with E-state index in [-0.39, 0.29) is 46.5 Å². The van der Waals surface area contributed by atoms with E-state index in [1.54, 1.807) is 0 Å². The Balaban J connectivity index is -0.000000563. The standard InChI is InChI=1S/C11H19OSi.2ClH.Ti/c1-12-13(2,3)10-6-9-11-7-4-5-8-11;;;/h4,7H,5-6,9-10H2,1-3H3;2*1H;/q-1;;;+3/p-2. The summed E-state index contributed by atoms with van der Waals surface area (Å²) in [6.07, 6.45) is 11.2. The first-order chi connectivity index (χ1) is 6.14. The molecule has 0 atom stereocenters. The number of halogens is 2. The molecule has 0 aliphatic heterocycles. The molecule has 0 heterocycles. The van der Waals surface area contributed by atoms with Crippen molar-refractivity contribution < 1.29 is 51.0 Å². The monoisotopic (exact) mass is 313 g/mol. The van der Waals surface area contributed by atoms with Crippen LogP contribution in [0.5, 0.6) is 0 Å². The predicted molar refractivity (Wildman–Crippen MR) is 59.0 cm³/mol. The first-order valence-electron chi connectivity index (χ1n) is 4.95. The summed E-state index contributed by atoms with van der Waals surface area (Å²) >= 11 is 0. The van der Waals surface area contributed by atoms with Crippen LogP contribution in [0, 0.1) is 6.08 Å². The number of rotatable bonds is 5. The molecule has 0 amide bonds. The van der Waals surface area contributed by atoms with Gasteiger partial charge in [-0.2, -0.15) is 6.08 Å². The molecule has 0 unspecified atom stereocenters. The molecule has 0 N–H and O–H groups in total. The molecular weight excluding hydrogens is 295 g/mol. The summed E-state index contributed by atoms with van der Waals surface area (Å²) in [4.78, 5) is 0. The van der Waals surface area contributed by atoms with Gasteiger partial charge in [-0.25, -0.2) is 11.6 Å². The van der Waals surface area contributed by atoms with Crippen molar-refractivity contribution in [2.45, 2.75) is 38.4 Å². The van der Waals surface area contributed by atoms with E-state index in [1.165, 1.54) is 24.5 Å². The summed E-state index contributed by atoms with van der Waals surface area (Å²) in [6, 6.07) is 1.25. The van der Waals surface area contributed by atoms with Crippen LogP contribution in [0.3, 0.4) is 0 Å². The number of allylic oxidation sites excluding steroid dienone is 4. The van der Waals surface area contributed by atoms with Crippen molar-refractivity contribution in [2.75, 3.05) is 7.11 Å². The maximum absolute atomic E-state index is 5.49. The molecule has 16 heavy (non-hydrogen) atoms. The Hall–Kier alpha value is 0.951. The Morgan fingerprint density at radius 1 is 1.38 bits per heavy atom. The second kappa shape index (κ2) is 11.1.